The molecule has 0 radical (unpaired) electrons. The molecule has 0 aromatic rings. The second kappa shape index (κ2) is 41.5. The lowest BCUT2D eigenvalue weighted by atomic mass is 10.0. The number of aliphatic hydroxyl groups excluding tert-OH is 1. The predicted octanol–water partition coefficient (Wildman–Crippen LogP) is 11.7. The summed E-state index contributed by atoms with van der Waals surface area (Å²) in [6.07, 6.45) is 48.1. The molecular weight excluding hydrogens is 713 g/mol. The molecule has 0 rings (SSSR count). The van der Waals surface area contributed by atoms with E-state index in [1.54, 1.807) is 6.08 Å². The number of carbonyl (C=O) groups is 1. The first-order valence-corrected chi connectivity index (χ1v) is 23.0. The first kappa shape index (κ1) is 52.9. The highest BCUT2D eigenvalue weighted by Crippen LogP contribution is 2.43. The summed E-state index contributed by atoms with van der Waals surface area (Å²) in [5, 5.41) is 10.1. The van der Waals surface area contributed by atoms with E-state index < -0.39 is 26.0 Å². The molecule has 0 saturated heterocycles. The fraction of sp³-hybridized carbons (Fsp3) is 0.711. The lowest BCUT2D eigenvalue weighted by Gasteiger charge is -2.20. The van der Waals surface area contributed by atoms with Crippen LogP contribution in [-0.2, 0) is 27.9 Å². The number of rotatable bonds is 40. The van der Waals surface area contributed by atoms with Crippen molar-refractivity contribution in [2.75, 3.05) is 33.0 Å². The smallest absolute Gasteiger partial charge is 0.457 e. The number of hydrogen-bond donors (Lipinski definition) is 3. The number of carbonyl (C=O) groups excluding carboxylic acids is 1. The Balaban J connectivity index is 4.25. The maximum atomic E-state index is 12.6. The van der Waals surface area contributed by atoms with Gasteiger partial charge in [0.15, 0.2) is 0 Å². The van der Waals surface area contributed by atoms with Gasteiger partial charge in [-0.3, -0.25) is 13.8 Å². The molecular formula is C45H80NO8P. The minimum atomic E-state index is -4.32. The molecule has 0 aliphatic rings. The zero-order valence-electron chi connectivity index (χ0n) is 34.8. The Kier molecular flexibility index (Phi) is 39.9. The Morgan fingerprint density at radius 3 is 1.80 bits per heavy atom. The van der Waals surface area contributed by atoms with Gasteiger partial charge in [0, 0.05) is 19.6 Å². The van der Waals surface area contributed by atoms with Gasteiger partial charge < -0.3 is 25.2 Å². The number of phosphoric acid groups is 1. The van der Waals surface area contributed by atoms with Crippen molar-refractivity contribution < 1.29 is 37.9 Å². The van der Waals surface area contributed by atoms with Crippen LogP contribution in [0.2, 0.25) is 0 Å². The molecule has 0 aromatic carbocycles. The Hall–Kier alpha value is -2.10. The molecule has 0 saturated carbocycles. The Morgan fingerprint density at radius 2 is 1.20 bits per heavy atom. The zero-order chi connectivity index (χ0) is 40.3. The SMILES string of the molecule is CC/C=C\C/C=C\C/C=C\C=C\C(O)C/C=C\C/C=C\CCC(=O)OC(COCCCCCCCCCCCCCCCCCC)COP(=O)(O)OCCN. The highest BCUT2D eigenvalue weighted by molar-refractivity contribution is 7.47. The molecule has 3 atom stereocenters. The number of hydrogen-bond acceptors (Lipinski definition) is 8. The van der Waals surface area contributed by atoms with E-state index in [9.17, 15) is 19.4 Å². The van der Waals surface area contributed by atoms with E-state index in [0.29, 0.717) is 25.9 Å². The van der Waals surface area contributed by atoms with Crippen LogP contribution in [0.25, 0.3) is 0 Å². The minimum absolute atomic E-state index is 0.0634. The van der Waals surface area contributed by atoms with Crippen LogP contribution < -0.4 is 5.73 Å². The van der Waals surface area contributed by atoms with Gasteiger partial charge in [-0.1, -0.05) is 183 Å². The molecule has 0 bridgehead atoms. The molecule has 0 spiro atoms. The summed E-state index contributed by atoms with van der Waals surface area (Å²) >= 11 is 0. The number of ether oxygens (including phenoxy) is 2. The van der Waals surface area contributed by atoms with Gasteiger partial charge in [0.1, 0.15) is 6.10 Å². The van der Waals surface area contributed by atoms with Gasteiger partial charge in [-0.05, 0) is 44.9 Å². The lowest BCUT2D eigenvalue weighted by molar-refractivity contribution is -0.154. The van der Waals surface area contributed by atoms with E-state index in [4.69, 9.17) is 24.3 Å². The second-order valence-electron chi connectivity index (χ2n) is 14.0. The van der Waals surface area contributed by atoms with E-state index in [2.05, 4.69) is 44.2 Å². The van der Waals surface area contributed by atoms with Crippen LogP contribution in [0.15, 0.2) is 72.9 Å². The van der Waals surface area contributed by atoms with Gasteiger partial charge >= 0.3 is 13.8 Å². The van der Waals surface area contributed by atoms with Crippen molar-refractivity contribution in [3.63, 3.8) is 0 Å². The molecule has 0 aliphatic heterocycles. The van der Waals surface area contributed by atoms with Gasteiger partial charge in [0.2, 0.25) is 0 Å². The highest BCUT2D eigenvalue weighted by atomic mass is 31.2. The summed E-state index contributed by atoms with van der Waals surface area (Å²) < 4.78 is 33.3. The molecule has 318 valence electrons. The van der Waals surface area contributed by atoms with Crippen LogP contribution in [0, 0.1) is 0 Å². The van der Waals surface area contributed by atoms with Crippen molar-refractivity contribution in [2.45, 2.75) is 174 Å². The number of phosphoric ester groups is 1. The molecule has 55 heavy (non-hydrogen) atoms. The third kappa shape index (κ3) is 41.4. The Morgan fingerprint density at radius 1 is 0.655 bits per heavy atom. The van der Waals surface area contributed by atoms with E-state index in [0.717, 1.165) is 32.1 Å². The molecule has 9 nitrogen and oxygen atoms in total. The van der Waals surface area contributed by atoms with Crippen LogP contribution in [0.4, 0.5) is 0 Å². The van der Waals surface area contributed by atoms with Gasteiger partial charge in [-0.15, -0.1) is 0 Å². The van der Waals surface area contributed by atoms with Crippen molar-refractivity contribution in [3.05, 3.63) is 72.9 Å². The maximum Gasteiger partial charge on any atom is 0.472 e. The standard InChI is InChI=1S/C45H80NO8P/c1-3-5-7-9-11-13-15-16-17-18-19-20-22-26-30-34-39-51-41-44(42-53-55(49,50)52-40-38-46)54-45(48)37-33-29-25-24-28-32-36-43(47)35-31-27-23-21-14-12-10-8-6-4-2/h6,8,12,14,23,25,27-29,31-32,35,43-44,47H,3-5,7,9-11,13,15-22,24,26,30,33-34,36-42,46H2,1-2H3,(H,49,50)/b8-6-,14-12-,27-23-,29-25-,32-28-,35-31+. The third-order valence-electron chi connectivity index (χ3n) is 8.73. The summed E-state index contributed by atoms with van der Waals surface area (Å²) in [6, 6.07) is 0. The normalized spacial score (nSPS) is 14.8. The maximum absolute atomic E-state index is 12.6. The monoisotopic (exact) mass is 794 g/mol. The van der Waals surface area contributed by atoms with Crippen molar-refractivity contribution in [2.24, 2.45) is 5.73 Å². The summed E-state index contributed by atoms with van der Waals surface area (Å²) in [6.45, 7) is 4.60. The predicted molar refractivity (Wildman–Crippen MR) is 230 cm³/mol. The zero-order valence-corrected chi connectivity index (χ0v) is 35.6. The molecule has 0 fully saturated rings. The highest BCUT2D eigenvalue weighted by Gasteiger charge is 2.25. The third-order valence-corrected chi connectivity index (χ3v) is 9.72. The molecule has 0 aliphatic carbocycles. The van der Waals surface area contributed by atoms with Crippen molar-refractivity contribution >= 4 is 13.8 Å². The van der Waals surface area contributed by atoms with Crippen molar-refractivity contribution in [1.82, 2.24) is 0 Å². The number of nitrogens with two attached hydrogens (primary N) is 1. The fourth-order valence-electron chi connectivity index (χ4n) is 5.58. The second-order valence-corrected chi connectivity index (χ2v) is 15.5. The van der Waals surface area contributed by atoms with Crippen LogP contribution >= 0.6 is 7.82 Å². The summed E-state index contributed by atoms with van der Waals surface area (Å²) in [5.74, 6) is -0.445. The van der Waals surface area contributed by atoms with Gasteiger partial charge in [0.25, 0.3) is 0 Å². The van der Waals surface area contributed by atoms with Gasteiger partial charge in [0.05, 0.1) is 25.9 Å². The minimum Gasteiger partial charge on any atom is -0.457 e. The summed E-state index contributed by atoms with van der Waals surface area (Å²) in [5.41, 5.74) is 5.36. The number of unbranched alkanes of at least 4 members (excludes halogenated alkanes) is 15. The van der Waals surface area contributed by atoms with Crippen LogP contribution in [0.5, 0.6) is 0 Å². The lowest BCUT2D eigenvalue weighted by Crippen LogP contribution is -2.28. The van der Waals surface area contributed by atoms with Crippen molar-refractivity contribution in [1.29, 1.82) is 0 Å². The van der Waals surface area contributed by atoms with Gasteiger partial charge in [-0.25, -0.2) is 4.57 Å². The van der Waals surface area contributed by atoms with E-state index in [1.807, 2.05) is 36.5 Å². The number of esters is 1. The first-order valence-electron chi connectivity index (χ1n) is 21.5. The van der Waals surface area contributed by atoms with Crippen LogP contribution in [0.3, 0.4) is 0 Å². The number of aliphatic hydroxyl groups is 1. The van der Waals surface area contributed by atoms with Crippen LogP contribution in [0.1, 0.15) is 162 Å². The summed E-state index contributed by atoms with van der Waals surface area (Å²) in [7, 11) is -4.32. The van der Waals surface area contributed by atoms with E-state index in [1.165, 1.54) is 89.9 Å². The van der Waals surface area contributed by atoms with Gasteiger partial charge in [-0.2, -0.15) is 0 Å². The molecule has 0 amide bonds. The van der Waals surface area contributed by atoms with E-state index >= 15 is 0 Å². The average Bonchev–Trinajstić information content (AvgIpc) is 3.17. The topological polar surface area (TPSA) is 138 Å². The average molecular weight is 794 g/mol. The molecule has 3 unspecified atom stereocenters. The van der Waals surface area contributed by atoms with Crippen LogP contribution in [-0.4, -0.2) is 61.1 Å². The molecule has 0 aromatic heterocycles. The number of allylic oxidation sites excluding steroid dienone is 10. The van der Waals surface area contributed by atoms with Crippen molar-refractivity contribution in [3.8, 4) is 0 Å². The molecule has 10 heteroatoms. The first-order chi connectivity index (χ1) is 26.8. The Labute approximate surface area is 336 Å². The Bertz CT molecular complexity index is 1090. The molecule has 0 heterocycles. The largest absolute Gasteiger partial charge is 0.472 e. The quantitative estimate of drug-likeness (QED) is 0.0182. The fourth-order valence-corrected chi connectivity index (χ4v) is 6.34. The van der Waals surface area contributed by atoms with E-state index in [-0.39, 0.29) is 32.8 Å². The molecule has 4 N–H and O–H groups in total. The summed E-state index contributed by atoms with van der Waals surface area (Å²) in [4.78, 5) is 22.4.